The van der Waals surface area contributed by atoms with Crippen molar-refractivity contribution in [1.82, 2.24) is 9.97 Å². The second-order valence-corrected chi connectivity index (χ2v) is 7.06. The van der Waals surface area contributed by atoms with Gasteiger partial charge in [-0.3, -0.25) is 0 Å². The molecule has 0 saturated carbocycles. The summed E-state index contributed by atoms with van der Waals surface area (Å²) in [5, 5.41) is 9.77. The molecule has 0 atom stereocenters. The van der Waals surface area contributed by atoms with E-state index in [2.05, 4.69) is 39.2 Å². The van der Waals surface area contributed by atoms with Crippen molar-refractivity contribution in [1.29, 1.82) is 0 Å². The van der Waals surface area contributed by atoms with Crippen LogP contribution >= 0.6 is 11.3 Å². The Bertz CT molecular complexity index is 1020. The summed E-state index contributed by atoms with van der Waals surface area (Å²) in [6.45, 7) is 1.38. The number of nitrogens with zero attached hydrogens (tertiary/aromatic N) is 2. The van der Waals surface area contributed by atoms with Crippen LogP contribution in [0.15, 0.2) is 66.0 Å². The molecule has 0 unspecified atom stereocenters. The lowest BCUT2D eigenvalue weighted by Gasteiger charge is -2.13. The van der Waals surface area contributed by atoms with E-state index in [1.54, 1.807) is 18.4 Å². The number of para-hydroxylation sites is 1. The predicted octanol–water partition coefficient (Wildman–Crippen LogP) is 4.92. The molecule has 0 amide bonds. The Labute approximate surface area is 162 Å². The summed E-state index contributed by atoms with van der Waals surface area (Å²) in [4.78, 5) is 10.6. The van der Waals surface area contributed by atoms with Gasteiger partial charge >= 0.3 is 0 Å². The van der Waals surface area contributed by atoms with Crippen LogP contribution in [0.3, 0.4) is 0 Å². The highest BCUT2D eigenvalue weighted by atomic mass is 32.1. The molecule has 2 aromatic heterocycles. The number of anilines is 2. The molecule has 0 bridgehead atoms. The zero-order valence-corrected chi connectivity index (χ0v) is 15.8. The van der Waals surface area contributed by atoms with Crippen LogP contribution < -0.4 is 15.4 Å². The van der Waals surface area contributed by atoms with Crippen LogP contribution in [0.5, 0.6) is 5.75 Å². The first-order valence-corrected chi connectivity index (χ1v) is 9.60. The van der Waals surface area contributed by atoms with Crippen molar-refractivity contribution >= 4 is 34.0 Å². The minimum Gasteiger partial charge on any atom is -0.494 e. The van der Waals surface area contributed by atoms with Crippen LogP contribution in [0.25, 0.3) is 10.9 Å². The topological polar surface area (TPSA) is 59.1 Å². The van der Waals surface area contributed by atoms with Crippen molar-refractivity contribution in [3.05, 3.63) is 76.5 Å². The van der Waals surface area contributed by atoms with E-state index >= 15 is 0 Å². The average Bonchev–Trinajstić information content (AvgIpc) is 3.24. The molecule has 0 aliphatic rings. The zero-order chi connectivity index (χ0) is 18.5. The Kier molecular flexibility index (Phi) is 5.16. The maximum atomic E-state index is 5.51. The van der Waals surface area contributed by atoms with Crippen molar-refractivity contribution in [3.8, 4) is 5.75 Å². The van der Waals surface area contributed by atoms with Crippen molar-refractivity contribution in [2.24, 2.45) is 0 Å². The fourth-order valence-electron chi connectivity index (χ4n) is 2.87. The minimum atomic E-state index is 0.580. The minimum absolute atomic E-state index is 0.580. The summed E-state index contributed by atoms with van der Waals surface area (Å²) >= 11 is 1.71. The van der Waals surface area contributed by atoms with E-state index in [0.717, 1.165) is 22.5 Å². The molecule has 6 heteroatoms. The average molecular weight is 376 g/mol. The summed E-state index contributed by atoms with van der Waals surface area (Å²) < 4.78 is 5.51. The molecule has 2 aromatic carbocycles. The molecule has 136 valence electrons. The molecule has 4 rings (SSSR count). The molecule has 4 aromatic rings. The highest BCUT2D eigenvalue weighted by molar-refractivity contribution is 7.09. The zero-order valence-electron chi connectivity index (χ0n) is 15.0. The number of fused-ring (bicyclic) bond motifs is 1. The number of methoxy groups -OCH3 is 1. The third-order valence-electron chi connectivity index (χ3n) is 4.21. The van der Waals surface area contributed by atoms with E-state index in [9.17, 15) is 0 Å². The van der Waals surface area contributed by atoms with E-state index < -0.39 is 0 Å². The third-order valence-corrected chi connectivity index (χ3v) is 5.09. The van der Waals surface area contributed by atoms with Gasteiger partial charge in [-0.1, -0.05) is 42.5 Å². The molecule has 5 nitrogen and oxygen atoms in total. The standard InChI is InChI=1S/C21H20N4OS/c1-26-18-11-5-10-17-19(18)24-21(23-14-16-9-6-12-27-16)25-20(17)22-13-15-7-3-2-4-8-15/h2-12H,13-14H2,1H3,(H2,22,23,24,25). The Morgan fingerprint density at radius 2 is 1.78 bits per heavy atom. The van der Waals surface area contributed by atoms with E-state index in [-0.39, 0.29) is 0 Å². The molecule has 0 saturated heterocycles. The maximum absolute atomic E-state index is 5.51. The molecule has 27 heavy (non-hydrogen) atoms. The van der Waals surface area contributed by atoms with Gasteiger partial charge in [-0.2, -0.15) is 4.98 Å². The highest BCUT2D eigenvalue weighted by Gasteiger charge is 2.11. The van der Waals surface area contributed by atoms with E-state index in [1.807, 2.05) is 42.5 Å². The Hall–Kier alpha value is -3.12. The monoisotopic (exact) mass is 376 g/mol. The van der Waals surface area contributed by atoms with Crippen molar-refractivity contribution in [3.63, 3.8) is 0 Å². The number of hydrogen-bond donors (Lipinski definition) is 2. The van der Waals surface area contributed by atoms with Crippen molar-refractivity contribution < 1.29 is 4.74 Å². The van der Waals surface area contributed by atoms with Gasteiger partial charge in [0.25, 0.3) is 0 Å². The van der Waals surface area contributed by atoms with Crippen molar-refractivity contribution in [2.75, 3.05) is 17.7 Å². The predicted molar refractivity (Wildman–Crippen MR) is 112 cm³/mol. The van der Waals surface area contributed by atoms with Crippen LogP contribution in [-0.4, -0.2) is 17.1 Å². The Balaban J connectivity index is 1.66. The first-order chi connectivity index (χ1) is 13.3. The SMILES string of the molecule is COc1cccc2c(NCc3ccccc3)nc(NCc3cccs3)nc12. The van der Waals surface area contributed by atoms with Gasteiger partial charge in [-0.25, -0.2) is 4.98 Å². The molecule has 0 radical (unpaired) electrons. The largest absolute Gasteiger partial charge is 0.494 e. The smallest absolute Gasteiger partial charge is 0.225 e. The number of ether oxygens (including phenoxy) is 1. The van der Waals surface area contributed by atoms with Crippen molar-refractivity contribution in [2.45, 2.75) is 13.1 Å². The van der Waals surface area contributed by atoms with E-state index in [0.29, 0.717) is 19.0 Å². The second-order valence-electron chi connectivity index (χ2n) is 6.02. The van der Waals surface area contributed by atoms with Crippen LogP contribution in [0.4, 0.5) is 11.8 Å². The van der Waals surface area contributed by atoms with Gasteiger partial charge in [0.1, 0.15) is 17.1 Å². The first kappa shape index (κ1) is 17.3. The fraction of sp³-hybridized carbons (Fsp3) is 0.143. The first-order valence-electron chi connectivity index (χ1n) is 8.72. The lowest BCUT2D eigenvalue weighted by molar-refractivity contribution is 0.419. The van der Waals surface area contributed by atoms with Gasteiger partial charge < -0.3 is 15.4 Å². The normalized spacial score (nSPS) is 10.7. The maximum Gasteiger partial charge on any atom is 0.225 e. The van der Waals surface area contributed by atoms with E-state index in [4.69, 9.17) is 9.72 Å². The third kappa shape index (κ3) is 4.01. The van der Waals surface area contributed by atoms with Gasteiger partial charge in [0.05, 0.1) is 13.7 Å². The molecular formula is C21H20N4OS. The fourth-order valence-corrected chi connectivity index (χ4v) is 3.51. The number of nitrogens with one attached hydrogen (secondary N) is 2. The molecular weight excluding hydrogens is 356 g/mol. The molecule has 2 heterocycles. The lowest BCUT2D eigenvalue weighted by atomic mass is 10.2. The van der Waals surface area contributed by atoms with Gasteiger partial charge in [0.2, 0.25) is 5.95 Å². The summed E-state index contributed by atoms with van der Waals surface area (Å²) in [7, 11) is 1.66. The molecule has 0 aliphatic carbocycles. The summed E-state index contributed by atoms with van der Waals surface area (Å²) in [6, 6.07) is 20.3. The second kappa shape index (κ2) is 8.05. The van der Waals surface area contributed by atoms with Crippen LogP contribution in [0, 0.1) is 0 Å². The number of aromatic nitrogens is 2. The van der Waals surface area contributed by atoms with Gasteiger partial charge in [-0.05, 0) is 29.1 Å². The Morgan fingerprint density at radius 3 is 2.56 bits per heavy atom. The van der Waals surface area contributed by atoms with Crippen LogP contribution in [0.2, 0.25) is 0 Å². The molecule has 0 fully saturated rings. The van der Waals surface area contributed by atoms with E-state index in [1.165, 1.54) is 10.4 Å². The number of thiophene rings is 1. The number of hydrogen-bond acceptors (Lipinski definition) is 6. The number of rotatable bonds is 7. The van der Waals surface area contributed by atoms with Gasteiger partial charge in [0, 0.05) is 16.8 Å². The summed E-state index contributed by atoms with van der Waals surface area (Å²) in [5.74, 6) is 2.10. The lowest BCUT2D eigenvalue weighted by Crippen LogP contribution is -2.08. The highest BCUT2D eigenvalue weighted by Crippen LogP contribution is 2.29. The van der Waals surface area contributed by atoms with Crippen LogP contribution in [0.1, 0.15) is 10.4 Å². The molecule has 2 N–H and O–H groups in total. The van der Waals surface area contributed by atoms with Gasteiger partial charge in [-0.15, -0.1) is 11.3 Å². The summed E-state index contributed by atoms with van der Waals surface area (Å²) in [5.41, 5.74) is 1.99. The number of benzene rings is 2. The van der Waals surface area contributed by atoms with Gasteiger partial charge in [0.15, 0.2) is 0 Å². The summed E-state index contributed by atoms with van der Waals surface area (Å²) in [6.07, 6.45) is 0. The van der Waals surface area contributed by atoms with Crippen LogP contribution in [-0.2, 0) is 13.1 Å². The Morgan fingerprint density at radius 1 is 0.889 bits per heavy atom. The molecule has 0 aliphatic heterocycles. The molecule has 0 spiro atoms. The quantitative estimate of drug-likeness (QED) is 0.479.